The summed E-state index contributed by atoms with van der Waals surface area (Å²) in [6.07, 6.45) is 5.81. The van der Waals surface area contributed by atoms with E-state index in [4.69, 9.17) is 9.40 Å². The normalized spacial score (nSPS) is 20.0. The minimum Gasteiger partial charge on any atom is -0.472 e. The van der Waals surface area contributed by atoms with Crippen LogP contribution in [-0.4, -0.2) is 19.7 Å². The first-order valence-corrected chi connectivity index (χ1v) is 9.71. The van der Waals surface area contributed by atoms with Crippen LogP contribution in [0.25, 0.3) is 11.3 Å². The highest BCUT2D eigenvalue weighted by Crippen LogP contribution is 2.54. The van der Waals surface area contributed by atoms with Crippen molar-refractivity contribution >= 4 is 9.84 Å². The van der Waals surface area contributed by atoms with E-state index in [1.807, 2.05) is 30.3 Å². The van der Waals surface area contributed by atoms with Crippen molar-refractivity contribution in [3.05, 3.63) is 72.3 Å². The van der Waals surface area contributed by atoms with Gasteiger partial charge >= 0.3 is 0 Å². The Hall–Kier alpha value is -2.40. The maximum absolute atomic E-state index is 11.6. The van der Waals surface area contributed by atoms with E-state index < -0.39 is 9.84 Å². The summed E-state index contributed by atoms with van der Waals surface area (Å²) in [5.74, 6) is 0.914. The highest BCUT2D eigenvalue weighted by molar-refractivity contribution is 7.90. The molecule has 2 aromatic heterocycles. The molecule has 1 aliphatic rings. The van der Waals surface area contributed by atoms with Gasteiger partial charge in [0.05, 0.1) is 23.1 Å². The van der Waals surface area contributed by atoms with Gasteiger partial charge < -0.3 is 4.42 Å². The van der Waals surface area contributed by atoms with Crippen LogP contribution in [0.3, 0.4) is 0 Å². The molecule has 3 aromatic rings. The largest absolute Gasteiger partial charge is 0.472 e. The molecule has 0 amide bonds. The summed E-state index contributed by atoms with van der Waals surface area (Å²) in [5.41, 5.74) is 4.09. The Morgan fingerprint density at radius 2 is 1.83 bits per heavy atom. The molecule has 2 atom stereocenters. The number of pyridine rings is 1. The van der Waals surface area contributed by atoms with Crippen LogP contribution >= 0.6 is 0 Å². The van der Waals surface area contributed by atoms with Gasteiger partial charge in [-0.3, -0.25) is 4.98 Å². The van der Waals surface area contributed by atoms with Crippen molar-refractivity contribution in [2.75, 3.05) is 6.26 Å². The van der Waals surface area contributed by atoms with E-state index in [1.165, 1.54) is 11.8 Å². The Balaban J connectivity index is 1.59. The molecule has 1 aromatic carbocycles. The van der Waals surface area contributed by atoms with E-state index in [-0.39, 0.29) is 0 Å². The van der Waals surface area contributed by atoms with Gasteiger partial charge in [-0.15, -0.1) is 0 Å². The fourth-order valence-corrected chi connectivity index (χ4v) is 3.70. The summed E-state index contributed by atoms with van der Waals surface area (Å²) in [7, 11) is -3.18. The molecule has 1 fully saturated rings. The molecule has 5 heteroatoms. The van der Waals surface area contributed by atoms with Gasteiger partial charge in [0, 0.05) is 23.4 Å². The molecule has 0 N–H and O–H groups in total. The second-order valence-corrected chi connectivity index (χ2v) is 8.27. The molecule has 0 saturated heterocycles. The molecule has 2 heterocycles. The van der Waals surface area contributed by atoms with Crippen LogP contribution in [0.4, 0.5) is 0 Å². The molecule has 24 heavy (non-hydrogen) atoms. The maximum atomic E-state index is 11.6. The van der Waals surface area contributed by atoms with Gasteiger partial charge in [0.15, 0.2) is 9.84 Å². The Labute approximate surface area is 141 Å². The molecular weight excluding hydrogens is 322 g/mol. The predicted octanol–water partition coefficient (Wildman–Crippen LogP) is 4.02. The zero-order valence-corrected chi connectivity index (χ0v) is 14.0. The summed E-state index contributed by atoms with van der Waals surface area (Å²) < 4.78 is 28.3. The summed E-state index contributed by atoms with van der Waals surface area (Å²) in [4.78, 5) is 5.10. The van der Waals surface area contributed by atoms with Crippen molar-refractivity contribution in [3.63, 3.8) is 0 Å². The van der Waals surface area contributed by atoms with Gasteiger partial charge in [0.25, 0.3) is 0 Å². The summed E-state index contributed by atoms with van der Waals surface area (Å²) in [6, 6.07) is 14.9. The zero-order chi connectivity index (χ0) is 16.7. The van der Waals surface area contributed by atoms with E-state index in [9.17, 15) is 8.42 Å². The molecular formula is C19H17NO3S. The standard InChI is InChI=1S/C19H17NO3S/c1-24(21,22)15-7-5-13(6-8-15)18-3-2-4-19(20-18)17-11-16(17)14-9-10-23-12-14/h2-10,12,16-17H,11H2,1H3. The quantitative estimate of drug-likeness (QED) is 0.720. The number of nitrogens with zero attached hydrogens (tertiary/aromatic N) is 1. The topological polar surface area (TPSA) is 60.2 Å². The van der Waals surface area contributed by atoms with E-state index in [0.717, 1.165) is 23.4 Å². The van der Waals surface area contributed by atoms with Crippen LogP contribution in [0, 0.1) is 0 Å². The Kier molecular flexibility index (Phi) is 3.53. The third-order valence-electron chi connectivity index (χ3n) is 4.49. The average Bonchev–Trinajstić information content (AvgIpc) is 3.20. The predicted molar refractivity (Wildman–Crippen MR) is 91.6 cm³/mol. The van der Waals surface area contributed by atoms with Gasteiger partial charge in [0.1, 0.15) is 0 Å². The number of hydrogen-bond donors (Lipinski definition) is 0. The van der Waals surface area contributed by atoms with E-state index >= 15 is 0 Å². The number of furan rings is 1. The highest BCUT2D eigenvalue weighted by Gasteiger charge is 2.41. The second kappa shape index (κ2) is 5.60. The van der Waals surface area contributed by atoms with Crippen LogP contribution in [0.5, 0.6) is 0 Å². The first kappa shape index (κ1) is 15.1. The number of rotatable bonds is 4. The maximum Gasteiger partial charge on any atom is 0.175 e. The van der Waals surface area contributed by atoms with Gasteiger partial charge in [-0.25, -0.2) is 8.42 Å². The van der Waals surface area contributed by atoms with Crippen LogP contribution in [-0.2, 0) is 9.84 Å². The van der Waals surface area contributed by atoms with Crippen molar-refractivity contribution in [2.45, 2.75) is 23.2 Å². The number of aromatic nitrogens is 1. The fourth-order valence-electron chi connectivity index (χ4n) is 3.07. The molecule has 0 aliphatic heterocycles. The third kappa shape index (κ3) is 2.87. The summed E-state index contributed by atoms with van der Waals surface area (Å²) >= 11 is 0. The van der Waals surface area contributed by atoms with Crippen LogP contribution < -0.4 is 0 Å². The lowest BCUT2D eigenvalue weighted by Gasteiger charge is -2.05. The van der Waals surface area contributed by atoms with E-state index in [2.05, 4.69) is 6.07 Å². The monoisotopic (exact) mass is 339 g/mol. The van der Waals surface area contributed by atoms with Gasteiger partial charge in [0.2, 0.25) is 0 Å². The molecule has 0 bridgehead atoms. The van der Waals surface area contributed by atoms with E-state index in [0.29, 0.717) is 16.7 Å². The fraction of sp³-hybridized carbons (Fsp3) is 0.211. The summed E-state index contributed by atoms with van der Waals surface area (Å²) in [5, 5.41) is 0. The van der Waals surface area contributed by atoms with Crippen molar-refractivity contribution < 1.29 is 12.8 Å². The molecule has 122 valence electrons. The SMILES string of the molecule is CS(=O)(=O)c1ccc(-c2cccc(C3CC3c3ccoc3)n2)cc1. The van der Waals surface area contributed by atoms with Gasteiger partial charge in [-0.1, -0.05) is 18.2 Å². The minimum absolute atomic E-state index is 0.324. The van der Waals surface area contributed by atoms with Crippen LogP contribution in [0.15, 0.2) is 70.4 Å². The number of benzene rings is 1. The highest BCUT2D eigenvalue weighted by atomic mass is 32.2. The first-order chi connectivity index (χ1) is 11.5. The molecule has 0 spiro atoms. The number of sulfone groups is 1. The zero-order valence-electron chi connectivity index (χ0n) is 13.2. The van der Waals surface area contributed by atoms with Crippen molar-refractivity contribution in [1.29, 1.82) is 0 Å². The Morgan fingerprint density at radius 3 is 2.50 bits per heavy atom. The average molecular weight is 339 g/mol. The third-order valence-corrected chi connectivity index (χ3v) is 5.62. The lowest BCUT2D eigenvalue weighted by molar-refractivity contribution is 0.564. The summed E-state index contributed by atoms with van der Waals surface area (Å²) in [6.45, 7) is 0. The van der Waals surface area contributed by atoms with Crippen molar-refractivity contribution in [2.24, 2.45) is 0 Å². The van der Waals surface area contributed by atoms with Crippen LogP contribution in [0.2, 0.25) is 0 Å². The van der Waals surface area contributed by atoms with Crippen LogP contribution in [0.1, 0.15) is 29.5 Å². The first-order valence-electron chi connectivity index (χ1n) is 7.82. The molecule has 4 rings (SSSR count). The number of hydrogen-bond acceptors (Lipinski definition) is 4. The van der Waals surface area contributed by atoms with Crippen molar-refractivity contribution in [1.82, 2.24) is 4.98 Å². The smallest absolute Gasteiger partial charge is 0.175 e. The molecule has 0 radical (unpaired) electrons. The Bertz CT molecular complexity index is 960. The minimum atomic E-state index is -3.18. The molecule has 1 saturated carbocycles. The lowest BCUT2D eigenvalue weighted by atomic mass is 10.1. The van der Waals surface area contributed by atoms with E-state index in [1.54, 1.807) is 24.7 Å². The Morgan fingerprint density at radius 1 is 1.04 bits per heavy atom. The lowest BCUT2D eigenvalue weighted by Crippen LogP contribution is -1.97. The van der Waals surface area contributed by atoms with Crippen molar-refractivity contribution in [3.8, 4) is 11.3 Å². The second-order valence-electron chi connectivity index (χ2n) is 6.25. The molecule has 1 aliphatic carbocycles. The van der Waals surface area contributed by atoms with Gasteiger partial charge in [-0.2, -0.15) is 0 Å². The molecule has 4 nitrogen and oxygen atoms in total. The van der Waals surface area contributed by atoms with Gasteiger partial charge in [-0.05, 0) is 48.2 Å². The molecule has 2 unspecified atom stereocenters.